The molecule has 2 bridgehead atoms. The highest BCUT2D eigenvalue weighted by Crippen LogP contribution is 2.58. The van der Waals surface area contributed by atoms with E-state index in [-0.39, 0.29) is 23.7 Å². The van der Waals surface area contributed by atoms with Gasteiger partial charge < -0.3 is 19.1 Å². The van der Waals surface area contributed by atoms with Crippen LogP contribution in [0.4, 0.5) is 0 Å². The molecule has 1 aromatic carbocycles. The van der Waals surface area contributed by atoms with Gasteiger partial charge in [0, 0.05) is 35.8 Å². The summed E-state index contributed by atoms with van der Waals surface area (Å²) in [5, 5.41) is 0. The molecular formula is C24H31NO5. The number of esters is 1. The van der Waals surface area contributed by atoms with E-state index in [1.807, 2.05) is 19.1 Å². The van der Waals surface area contributed by atoms with Gasteiger partial charge in [0.2, 0.25) is 0 Å². The summed E-state index contributed by atoms with van der Waals surface area (Å²) in [5.74, 6) is 1.39. The summed E-state index contributed by atoms with van der Waals surface area (Å²) in [4.78, 5) is 27.9. The molecule has 1 fully saturated rings. The SMILES string of the molecule is CCCCC(=O)Oc1c(OC)ccc2c1[C@@]13CCN(C)[C@@H](C2)[C@H]1C=C(OC)C(=O)C3. The van der Waals surface area contributed by atoms with Crippen molar-refractivity contribution in [2.45, 2.75) is 56.9 Å². The van der Waals surface area contributed by atoms with Gasteiger partial charge in [0.25, 0.3) is 0 Å². The number of likely N-dealkylation sites (N-methyl/N-ethyl adjacent to an activating group) is 1. The quantitative estimate of drug-likeness (QED) is 0.526. The van der Waals surface area contributed by atoms with Crippen molar-refractivity contribution in [3.63, 3.8) is 0 Å². The average molecular weight is 414 g/mol. The van der Waals surface area contributed by atoms with E-state index in [0.717, 1.165) is 43.4 Å². The van der Waals surface area contributed by atoms with Crippen molar-refractivity contribution in [2.75, 3.05) is 27.8 Å². The maximum absolute atomic E-state index is 12.9. The topological polar surface area (TPSA) is 65.1 Å². The van der Waals surface area contributed by atoms with Crippen LogP contribution >= 0.6 is 0 Å². The molecule has 6 nitrogen and oxygen atoms in total. The lowest BCUT2D eigenvalue weighted by Gasteiger charge is -2.56. The van der Waals surface area contributed by atoms with E-state index in [1.165, 1.54) is 0 Å². The van der Waals surface area contributed by atoms with Crippen molar-refractivity contribution in [2.24, 2.45) is 5.92 Å². The molecule has 2 aliphatic carbocycles. The zero-order valence-corrected chi connectivity index (χ0v) is 18.3. The standard InChI is InChI=1S/C24H31NO5/c1-5-6-7-21(27)30-23-19(28-3)9-8-15-12-17-16-13-20(29-4)18(26)14-24(16,22(15)23)10-11-25(17)2/h8-9,13,16-17H,5-7,10-12,14H2,1-4H3/t16-,17+,24-/m1/s1. The fourth-order valence-electron chi connectivity index (χ4n) is 5.60. The fourth-order valence-corrected chi connectivity index (χ4v) is 5.60. The van der Waals surface area contributed by atoms with Gasteiger partial charge in [0.05, 0.1) is 14.2 Å². The molecule has 3 aliphatic rings. The number of fused-ring (bicyclic) bond motifs is 1. The van der Waals surface area contributed by atoms with E-state index in [0.29, 0.717) is 30.1 Å². The van der Waals surface area contributed by atoms with Gasteiger partial charge in [0.1, 0.15) is 0 Å². The second-order valence-electron chi connectivity index (χ2n) is 8.73. The minimum Gasteiger partial charge on any atom is -0.493 e. The Morgan fingerprint density at radius 3 is 2.77 bits per heavy atom. The number of Topliss-reactive ketones (excluding diaryl/α,β-unsaturated/α-hetero) is 1. The molecule has 30 heavy (non-hydrogen) atoms. The van der Waals surface area contributed by atoms with Crippen LogP contribution in [-0.2, 0) is 26.2 Å². The monoisotopic (exact) mass is 413 g/mol. The van der Waals surface area contributed by atoms with Crippen LogP contribution in [0.3, 0.4) is 0 Å². The number of hydrogen-bond donors (Lipinski definition) is 0. The van der Waals surface area contributed by atoms with Gasteiger partial charge in [-0.15, -0.1) is 0 Å². The number of carbonyl (C=O) groups is 2. The van der Waals surface area contributed by atoms with Gasteiger partial charge in [-0.25, -0.2) is 0 Å². The first-order chi connectivity index (χ1) is 14.4. The van der Waals surface area contributed by atoms with Crippen molar-refractivity contribution in [1.29, 1.82) is 0 Å². The molecule has 0 spiro atoms. The molecule has 0 amide bonds. The minimum atomic E-state index is -0.404. The van der Waals surface area contributed by atoms with Crippen LogP contribution in [-0.4, -0.2) is 50.5 Å². The Morgan fingerprint density at radius 2 is 2.07 bits per heavy atom. The molecular weight excluding hydrogens is 382 g/mol. The largest absolute Gasteiger partial charge is 0.493 e. The van der Waals surface area contributed by atoms with Crippen LogP contribution < -0.4 is 9.47 Å². The summed E-state index contributed by atoms with van der Waals surface area (Å²) >= 11 is 0. The number of likely N-dealkylation sites (tertiary alicyclic amines) is 1. The minimum absolute atomic E-state index is 0.0102. The normalized spacial score (nSPS) is 27.6. The lowest BCUT2D eigenvalue weighted by Crippen LogP contribution is -2.60. The number of rotatable bonds is 6. The van der Waals surface area contributed by atoms with Crippen LogP contribution in [0, 0.1) is 5.92 Å². The number of allylic oxidation sites excluding steroid dienone is 1. The third kappa shape index (κ3) is 3.22. The lowest BCUT2D eigenvalue weighted by atomic mass is 9.53. The maximum Gasteiger partial charge on any atom is 0.311 e. The molecule has 0 radical (unpaired) electrons. The van der Waals surface area contributed by atoms with Gasteiger partial charge in [0.15, 0.2) is 23.0 Å². The number of hydrogen-bond acceptors (Lipinski definition) is 6. The summed E-state index contributed by atoms with van der Waals surface area (Å²) in [6.07, 6.45) is 6.12. The van der Waals surface area contributed by atoms with Crippen molar-refractivity contribution >= 4 is 11.8 Å². The molecule has 1 heterocycles. The highest BCUT2D eigenvalue weighted by molar-refractivity contribution is 5.96. The lowest BCUT2D eigenvalue weighted by molar-refractivity contribution is -0.134. The van der Waals surface area contributed by atoms with E-state index in [1.54, 1.807) is 14.2 Å². The summed E-state index contributed by atoms with van der Waals surface area (Å²) in [7, 11) is 5.29. The van der Waals surface area contributed by atoms with E-state index >= 15 is 0 Å². The smallest absolute Gasteiger partial charge is 0.311 e. The zero-order chi connectivity index (χ0) is 21.5. The van der Waals surface area contributed by atoms with Crippen molar-refractivity contribution in [1.82, 2.24) is 4.90 Å². The highest BCUT2D eigenvalue weighted by Gasteiger charge is 2.56. The number of ether oxygens (including phenoxy) is 3. The van der Waals surface area contributed by atoms with Gasteiger partial charge >= 0.3 is 5.97 Å². The number of carbonyl (C=O) groups excluding carboxylic acids is 2. The van der Waals surface area contributed by atoms with Gasteiger partial charge in [-0.05, 0) is 50.6 Å². The Kier molecular flexibility index (Phi) is 5.62. The molecule has 1 aliphatic heterocycles. The molecule has 1 saturated heterocycles. The van der Waals surface area contributed by atoms with Gasteiger partial charge in [-0.3, -0.25) is 9.59 Å². The van der Waals surface area contributed by atoms with Gasteiger partial charge in [-0.1, -0.05) is 19.4 Å². The van der Waals surface area contributed by atoms with Crippen LogP contribution in [0.5, 0.6) is 11.5 Å². The molecule has 4 rings (SSSR count). The summed E-state index contributed by atoms with van der Waals surface area (Å²) in [6, 6.07) is 4.23. The molecule has 3 atom stereocenters. The van der Waals surface area contributed by atoms with Crippen molar-refractivity contribution < 1.29 is 23.8 Å². The third-order valence-corrected chi connectivity index (χ3v) is 7.14. The number of unbranched alkanes of at least 4 members (excludes halogenated alkanes) is 1. The first-order valence-electron chi connectivity index (χ1n) is 10.9. The van der Waals surface area contributed by atoms with Crippen LogP contribution in [0.25, 0.3) is 0 Å². The third-order valence-electron chi connectivity index (χ3n) is 7.14. The molecule has 6 heteroatoms. The van der Waals surface area contributed by atoms with Crippen LogP contribution in [0.2, 0.25) is 0 Å². The molecule has 1 aromatic rings. The average Bonchev–Trinajstić information content (AvgIpc) is 2.74. The molecule has 0 unspecified atom stereocenters. The van der Waals surface area contributed by atoms with Crippen LogP contribution in [0.1, 0.15) is 50.2 Å². The predicted molar refractivity (Wildman–Crippen MR) is 113 cm³/mol. The first-order valence-corrected chi connectivity index (χ1v) is 10.9. The van der Waals surface area contributed by atoms with Crippen molar-refractivity contribution in [3.05, 3.63) is 35.1 Å². The summed E-state index contributed by atoms with van der Waals surface area (Å²) < 4.78 is 17.0. The number of ketones is 1. The summed E-state index contributed by atoms with van der Waals surface area (Å²) in [5.41, 5.74) is 1.73. The van der Waals surface area contributed by atoms with Crippen molar-refractivity contribution in [3.8, 4) is 11.5 Å². The van der Waals surface area contributed by atoms with Crippen LogP contribution in [0.15, 0.2) is 24.0 Å². The zero-order valence-electron chi connectivity index (χ0n) is 18.3. The van der Waals surface area contributed by atoms with E-state index in [4.69, 9.17) is 14.2 Å². The summed E-state index contributed by atoms with van der Waals surface area (Å²) in [6.45, 7) is 2.94. The molecule has 0 saturated carbocycles. The Bertz CT molecular complexity index is 892. The highest BCUT2D eigenvalue weighted by atomic mass is 16.6. The second-order valence-corrected chi connectivity index (χ2v) is 8.73. The van der Waals surface area contributed by atoms with E-state index < -0.39 is 5.41 Å². The number of nitrogens with zero attached hydrogens (tertiary/aromatic N) is 1. The van der Waals surface area contributed by atoms with Gasteiger partial charge in [-0.2, -0.15) is 0 Å². The fraction of sp³-hybridized carbons (Fsp3) is 0.583. The molecule has 162 valence electrons. The molecule has 0 N–H and O–H groups in total. The maximum atomic E-state index is 12.9. The Balaban J connectivity index is 1.88. The predicted octanol–water partition coefficient (Wildman–Crippen LogP) is 3.41. The van der Waals surface area contributed by atoms with E-state index in [9.17, 15) is 9.59 Å². The number of piperidine rings is 1. The Morgan fingerprint density at radius 1 is 1.27 bits per heavy atom. The van der Waals surface area contributed by atoms with E-state index in [2.05, 4.69) is 18.0 Å². The first kappa shape index (κ1) is 20.9. The number of methoxy groups -OCH3 is 2. The Hall–Kier alpha value is -2.34. The second kappa shape index (κ2) is 8.06. The number of benzene rings is 1. The molecule has 0 aromatic heterocycles. The Labute approximate surface area is 178 Å².